The Balaban J connectivity index is 2.05. The van der Waals surface area contributed by atoms with Crippen molar-refractivity contribution in [2.45, 2.75) is 32.3 Å². The number of anilines is 1. The predicted molar refractivity (Wildman–Crippen MR) is 75.7 cm³/mol. The van der Waals surface area contributed by atoms with Crippen LogP contribution in [0.2, 0.25) is 0 Å². The molecular formula is C14H16N2O6. The summed E-state index contributed by atoms with van der Waals surface area (Å²) in [5.41, 5.74) is 1.58. The van der Waals surface area contributed by atoms with E-state index in [-0.39, 0.29) is 6.10 Å². The maximum atomic E-state index is 11.8. The SMILES string of the molecule is CCCCC1OC(=O)c2cc(NC(=O)CO[N+](=O)[O-])ccc21. The number of ether oxygens (including phenoxy) is 1. The first-order valence-corrected chi connectivity index (χ1v) is 6.93. The Kier molecular flexibility index (Phi) is 4.92. The molecule has 0 saturated heterocycles. The molecule has 1 unspecified atom stereocenters. The Morgan fingerprint density at radius 1 is 1.50 bits per heavy atom. The van der Waals surface area contributed by atoms with E-state index >= 15 is 0 Å². The minimum Gasteiger partial charge on any atom is -0.454 e. The van der Waals surface area contributed by atoms with Crippen molar-refractivity contribution in [3.05, 3.63) is 39.4 Å². The standard InChI is InChI=1S/C14H16N2O6/c1-2-3-4-12-10-6-5-9(7-11(10)14(18)22-12)15-13(17)8-21-16(19)20/h5-7,12H,2-4,8H2,1H3,(H,15,17). The molecule has 0 fully saturated rings. The second kappa shape index (κ2) is 6.88. The van der Waals surface area contributed by atoms with Gasteiger partial charge in [-0.05, 0) is 25.0 Å². The number of hydrogen-bond donors (Lipinski definition) is 1. The number of carbonyl (C=O) groups excluding carboxylic acids is 2. The number of hydrogen-bond acceptors (Lipinski definition) is 6. The third kappa shape index (κ3) is 3.72. The molecule has 22 heavy (non-hydrogen) atoms. The van der Waals surface area contributed by atoms with Crippen molar-refractivity contribution in [1.29, 1.82) is 0 Å². The van der Waals surface area contributed by atoms with Crippen molar-refractivity contribution in [3.63, 3.8) is 0 Å². The number of esters is 1. The summed E-state index contributed by atoms with van der Waals surface area (Å²) in [6.07, 6.45) is 2.48. The zero-order valence-electron chi connectivity index (χ0n) is 12.0. The Morgan fingerprint density at radius 2 is 2.27 bits per heavy atom. The molecule has 0 bridgehead atoms. The molecular weight excluding hydrogens is 292 g/mol. The van der Waals surface area contributed by atoms with E-state index in [1.165, 1.54) is 6.07 Å². The van der Waals surface area contributed by atoms with Crippen molar-refractivity contribution in [1.82, 2.24) is 0 Å². The van der Waals surface area contributed by atoms with E-state index < -0.39 is 23.6 Å². The summed E-state index contributed by atoms with van der Waals surface area (Å²) in [5, 5.41) is 11.4. The van der Waals surface area contributed by atoms with Gasteiger partial charge in [0.1, 0.15) is 6.10 Å². The average Bonchev–Trinajstić information content (AvgIpc) is 2.79. The number of nitrogens with one attached hydrogen (secondary N) is 1. The van der Waals surface area contributed by atoms with Crippen LogP contribution in [0.1, 0.15) is 48.2 Å². The highest BCUT2D eigenvalue weighted by atomic mass is 16.9. The number of fused-ring (bicyclic) bond motifs is 1. The van der Waals surface area contributed by atoms with Crippen LogP contribution in [0.15, 0.2) is 18.2 Å². The molecule has 0 spiro atoms. The molecule has 0 saturated carbocycles. The van der Waals surface area contributed by atoms with Gasteiger partial charge in [-0.3, -0.25) is 4.79 Å². The molecule has 1 aliphatic rings. The third-order valence-corrected chi connectivity index (χ3v) is 3.27. The monoisotopic (exact) mass is 308 g/mol. The summed E-state index contributed by atoms with van der Waals surface area (Å²) in [7, 11) is 0. The number of carbonyl (C=O) groups is 2. The van der Waals surface area contributed by atoms with Crippen LogP contribution in [0.4, 0.5) is 5.69 Å². The first kappa shape index (κ1) is 15.7. The first-order valence-electron chi connectivity index (χ1n) is 6.93. The van der Waals surface area contributed by atoms with E-state index in [0.29, 0.717) is 11.3 Å². The van der Waals surface area contributed by atoms with Gasteiger partial charge in [0.15, 0.2) is 6.61 Å². The molecule has 1 aromatic rings. The van der Waals surface area contributed by atoms with Crippen molar-refractivity contribution in [2.75, 3.05) is 11.9 Å². The fourth-order valence-corrected chi connectivity index (χ4v) is 2.26. The fraction of sp³-hybridized carbons (Fsp3) is 0.429. The van der Waals surface area contributed by atoms with Crippen molar-refractivity contribution in [2.24, 2.45) is 0 Å². The summed E-state index contributed by atoms with van der Waals surface area (Å²) in [6.45, 7) is 1.36. The molecule has 0 aromatic heterocycles. The summed E-state index contributed by atoms with van der Waals surface area (Å²) in [4.78, 5) is 37.3. The van der Waals surface area contributed by atoms with Crippen LogP contribution in [0.25, 0.3) is 0 Å². The second-order valence-electron chi connectivity index (χ2n) is 4.88. The van der Waals surface area contributed by atoms with E-state index in [1.54, 1.807) is 12.1 Å². The van der Waals surface area contributed by atoms with Crippen LogP contribution in [0, 0.1) is 10.1 Å². The molecule has 8 heteroatoms. The Hall–Kier alpha value is -2.64. The number of cyclic esters (lactones) is 1. The minimum absolute atomic E-state index is 0.245. The number of benzene rings is 1. The lowest BCUT2D eigenvalue weighted by Gasteiger charge is -2.10. The highest BCUT2D eigenvalue weighted by Gasteiger charge is 2.30. The normalized spacial score (nSPS) is 15.9. The van der Waals surface area contributed by atoms with E-state index in [9.17, 15) is 19.7 Å². The van der Waals surface area contributed by atoms with Crippen LogP contribution >= 0.6 is 0 Å². The van der Waals surface area contributed by atoms with E-state index in [0.717, 1.165) is 24.8 Å². The van der Waals surface area contributed by atoms with Crippen molar-refractivity contribution < 1.29 is 24.3 Å². The number of rotatable bonds is 7. The minimum atomic E-state index is -1.04. The summed E-state index contributed by atoms with van der Waals surface area (Å²) in [6, 6.07) is 4.86. The van der Waals surface area contributed by atoms with Crippen LogP contribution in [-0.2, 0) is 14.4 Å². The van der Waals surface area contributed by atoms with Gasteiger partial charge in [0, 0.05) is 11.3 Å². The number of unbranched alkanes of at least 4 members (excludes halogenated alkanes) is 1. The summed E-state index contributed by atoms with van der Waals surface area (Å²) in [5.74, 6) is -1.10. The molecule has 0 radical (unpaired) electrons. The van der Waals surface area contributed by atoms with Gasteiger partial charge in [-0.2, -0.15) is 0 Å². The maximum Gasteiger partial charge on any atom is 0.339 e. The predicted octanol–water partition coefficient (Wildman–Crippen LogP) is 2.24. The van der Waals surface area contributed by atoms with Gasteiger partial charge in [-0.1, -0.05) is 19.4 Å². The molecule has 118 valence electrons. The van der Waals surface area contributed by atoms with Crippen LogP contribution < -0.4 is 5.32 Å². The van der Waals surface area contributed by atoms with Gasteiger partial charge in [0.2, 0.25) is 5.91 Å². The molecule has 1 amide bonds. The topological polar surface area (TPSA) is 108 Å². The summed E-state index contributed by atoms with van der Waals surface area (Å²) >= 11 is 0. The number of nitrogens with zero attached hydrogens (tertiary/aromatic N) is 1. The first-order chi connectivity index (χ1) is 10.5. The zero-order chi connectivity index (χ0) is 16.1. The second-order valence-corrected chi connectivity index (χ2v) is 4.88. The maximum absolute atomic E-state index is 11.8. The molecule has 0 aliphatic carbocycles. The number of amides is 1. The van der Waals surface area contributed by atoms with E-state index in [1.807, 2.05) is 0 Å². The lowest BCUT2D eigenvalue weighted by molar-refractivity contribution is -0.754. The quantitative estimate of drug-likeness (QED) is 0.470. The van der Waals surface area contributed by atoms with Gasteiger partial charge < -0.3 is 14.9 Å². The summed E-state index contributed by atoms with van der Waals surface area (Å²) < 4.78 is 5.31. The Morgan fingerprint density at radius 3 is 2.95 bits per heavy atom. The van der Waals surface area contributed by atoms with E-state index in [4.69, 9.17) is 4.74 Å². The van der Waals surface area contributed by atoms with E-state index in [2.05, 4.69) is 17.1 Å². The van der Waals surface area contributed by atoms with Crippen LogP contribution in [0.5, 0.6) is 0 Å². The zero-order valence-corrected chi connectivity index (χ0v) is 12.0. The van der Waals surface area contributed by atoms with Gasteiger partial charge in [-0.15, -0.1) is 10.1 Å². The molecule has 8 nitrogen and oxygen atoms in total. The van der Waals surface area contributed by atoms with Gasteiger partial charge in [0.05, 0.1) is 5.56 Å². The molecule has 1 aliphatic heterocycles. The van der Waals surface area contributed by atoms with Gasteiger partial charge in [0.25, 0.3) is 5.09 Å². The highest BCUT2D eigenvalue weighted by molar-refractivity contribution is 5.97. The van der Waals surface area contributed by atoms with Crippen LogP contribution in [-0.4, -0.2) is 23.6 Å². The molecule has 1 N–H and O–H groups in total. The van der Waals surface area contributed by atoms with Crippen molar-refractivity contribution >= 4 is 17.6 Å². The highest BCUT2D eigenvalue weighted by Crippen LogP contribution is 2.35. The Bertz CT molecular complexity index is 601. The third-order valence-electron chi connectivity index (χ3n) is 3.27. The van der Waals surface area contributed by atoms with Gasteiger partial charge >= 0.3 is 5.97 Å². The molecule has 1 atom stereocenters. The molecule has 1 heterocycles. The molecule has 1 aromatic carbocycles. The van der Waals surface area contributed by atoms with Gasteiger partial charge in [-0.25, -0.2) is 4.79 Å². The fourth-order valence-electron chi connectivity index (χ4n) is 2.26. The lowest BCUT2D eigenvalue weighted by Crippen LogP contribution is -2.20. The average molecular weight is 308 g/mol. The van der Waals surface area contributed by atoms with Crippen molar-refractivity contribution in [3.8, 4) is 0 Å². The van der Waals surface area contributed by atoms with Crippen LogP contribution in [0.3, 0.4) is 0 Å². The lowest BCUT2D eigenvalue weighted by atomic mass is 10.0. The Labute approximate surface area is 126 Å². The molecule has 2 rings (SSSR count). The smallest absolute Gasteiger partial charge is 0.339 e. The largest absolute Gasteiger partial charge is 0.454 e.